The standard InChI is InChI=1S/C6H14N2O3S/c1-4-8(5-7(2)3)6-12(9,10)11/h2H,4-6H2,1,3H3,(H,9,10,11)/q+1. The van der Waals surface area contributed by atoms with Gasteiger partial charge < -0.3 is 0 Å². The summed E-state index contributed by atoms with van der Waals surface area (Å²) in [6.07, 6.45) is 0. The monoisotopic (exact) mass is 194 g/mol. The van der Waals surface area contributed by atoms with Crippen LogP contribution < -0.4 is 4.90 Å². The van der Waals surface area contributed by atoms with Gasteiger partial charge in [0.05, 0.1) is 0 Å². The van der Waals surface area contributed by atoms with E-state index in [-0.39, 0.29) is 5.88 Å². The van der Waals surface area contributed by atoms with Crippen molar-refractivity contribution in [2.24, 2.45) is 0 Å². The average molecular weight is 194 g/mol. The van der Waals surface area contributed by atoms with Gasteiger partial charge in [-0.15, -0.1) is 4.90 Å². The highest BCUT2D eigenvalue weighted by atomic mass is 32.2. The van der Waals surface area contributed by atoms with Gasteiger partial charge in [0.2, 0.25) is 5.88 Å². The highest BCUT2D eigenvalue weighted by molar-refractivity contribution is 7.85. The number of rotatable bonds is 5. The summed E-state index contributed by atoms with van der Waals surface area (Å²) in [6, 6.07) is 0. The van der Waals surface area contributed by atoms with Crippen LogP contribution in [0.1, 0.15) is 6.92 Å². The molecule has 0 amide bonds. The van der Waals surface area contributed by atoms with Crippen molar-refractivity contribution in [1.82, 2.24) is 9.80 Å². The zero-order chi connectivity index (χ0) is 9.78. The number of hydrogen-bond donors (Lipinski definition) is 1. The van der Waals surface area contributed by atoms with E-state index in [1.165, 1.54) is 9.80 Å². The molecule has 0 atom stereocenters. The van der Waals surface area contributed by atoms with Crippen molar-refractivity contribution in [1.29, 1.82) is 0 Å². The quantitative estimate of drug-likeness (QED) is 0.279. The summed E-state index contributed by atoms with van der Waals surface area (Å²) in [5, 5.41) is 0. The molecule has 0 fully saturated rings. The molecular formula is C6H14N2O3S+. The van der Waals surface area contributed by atoms with E-state index in [0.29, 0.717) is 13.2 Å². The molecule has 1 N–H and O–H groups in total. The van der Waals surface area contributed by atoms with Gasteiger partial charge in [0.1, 0.15) is 6.54 Å². The second-order valence-electron chi connectivity index (χ2n) is 2.60. The van der Waals surface area contributed by atoms with Crippen LogP contribution in [-0.4, -0.2) is 44.0 Å². The third-order valence-corrected chi connectivity index (χ3v) is 1.91. The predicted octanol–water partition coefficient (Wildman–Crippen LogP) is -0.450. The fraction of sp³-hybridized carbons (Fsp3) is 0.833. The molecule has 0 saturated carbocycles. The van der Waals surface area contributed by atoms with Crippen molar-refractivity contribution in [2.75, 3.05) is 26.1 Å². The van der Waals surface area contributed by atoms with E-state index in [1.54, 1.807) is 14.0 Å². The lowest BCUT2D eigenvalue weighted by Crippen LogP contribution is -2.41. The molecule has 0 rings (SSSR count). The molecule has 0 aliphatic carbocycles. The predicted molar refractivity (Wildman–Crippen MR) is 46.0 cm³/mol. The normalized spacial score (nSPS) is 12.8. The fourth-order valence-electron chi connectivity index (χ4n) is 0.778. The second-order valence-corrected chi connectivity index (χ2v) is 4.02. The lowest BCUT2D eigenvalue weighted by Gasteiger charge is -2.12. The van der Waals surface area contributed by atoms with E-state index in [4.69, 9.17) is 11.6 Å². The van der Waals surface area contributed by atoms with Crippen molar-refractivity contribution in [3.63, 3.8) is 0 Å². The Kier molecular flexibility index (Phi) is 4.69. The summed E-state index contributed by atoms with van der Waals surface area (Å²) in [4.78, 5) is 2.84. The summed E-state index contributed by atoms with van der Waals surface area (Å²) in [6.45, 7) is 2.60. The van der Waals surface area contributed by atoms with Crippen molar-refractivity contribution in [3.8, 4) is 0 Å². The van der Waals surface area contributed by atoms with Crippen LogP contribution in [0.25, 0.3) is 0 Å². The van der Waals surface area contributed by atoms with Gasteiger partial charge in [0, 0.05) is 7.05 Å². The average Bonchev–Trinajstić information content (AvgIpc) is 1.82. The molecule has 0 aromatic heterocycles. The van der Waals surface area contributed by atoms with E-state index in [9.17, 15) is 8.42 Å². The van der Waals surface area contributed by atoms with Gasteiger partial charge in [-0.1, -0.05) is 0 Å². The van der Waals surface area contributed by atoms with Crippen LogP contribution in [0.5, 0.6) is 0 Å². The summed E-state index contributed by atoms with van der Waals surface area (Å²) in [5.74, 6) is -0.384. The van der Waals surface area contributed by atoms with E-state index in [2.05, 4.69) is 0 Å². The van der Waals surface area contributed by atoms with Gasteiger partial charge in [0.25, 0.3) is 0 Å². The molecule has 0 bridgehead atoms. The molecule has 3 radical (unpaired) electrons. The molecule has 12 heavy (non-hydrogen) atoms. The maximum Gasteiger partial charge on any atom is 0.321 e. The minimum atomic E-state index is -3.94. The first-order valence-electron chi connectivity index (χ1n) is 3.48. The highest BCUT2D eigenvalue weighted by Gasteiger charge is 2.21. The van der Waals surface area contributed by atoms with Gasteiger partial charge in [0.15, 0.2) is 6.67 Å². The third-order valence-electron chi connectivity index (χ3n) is 1.22. The first kappa shape index (κ1) is 11.8. The largest absolute Gasteiger partial charge is 0.321 e. The van der Waals surface area contributed by atoms with Crippen LogP contribution in [0.3, 0.4) is 0 Å². The smallest absolute Gasteiger partial charge is 0.281 e. The SMILES string of the molecule is [CH]N(C)C[N+](CC)CS(=O)(=O)O. The maximum atomic E-state index is 10.4. The maximum absolute atomic E-state index is 10.4. The Labute approximate surface area is 73.7 Å². The zero-order valence-corrected chi connectivity index (χ0v) is 8.08. The first-order chi connectivity index (χ1) is 5.35. The molecular weight excluding hydrogens is 180 g/mol. The molecule has 6 heteroatoms. The molecule has 0 aromatic carbocycles. The fourth-order valence-corrected chi connectivity index (χ4v) is 1.50. The van der Waals surface area contributed by atoms with Gasteiger partial charge in [-0.2, -0.15) is 8.42 Å². The number of hydrogen-bond acceptors (Lipinski definition) is 4. The zero-order valence-electron chi connectivity index (χ0n) is 7.27. The lowest BCUT2D eigenvalue weighted by atomic mass is 10.6. The number of nitrogens with zero attached hydrogens (tertiary/aromatic N) is 2. The topological polar surface area (TPSA) is 63.5 Å². The Bertz CT molecular complexity index is 213. The minimum absolute atomic E-state index is 0.302. The van der Waals surface area contributed by atoms with Crippen LogP contribution in [0.4, 0.5) is 0 Å². The Balaban J connectivity index is 4.01. The molecule has 0 heterocycles. The van der Waals surface area contributed by atoms with E-state index in [1.807, 2.05) is 0 Å². The highest BCUT2D eigenvalue weighted by Crippen LogP contribution is 1.90. The van der Waals surface area contributed by atoms with E-state index in [0.717, 1.165) is 0 Å². The Morgan fingerprint density at radius 2 is 2.08 bits per heavy atom. The Hall–Kier alpha value is -0.170. The molecule has 0 saturated heterocycles. The van der Waals surface area contributed by atoms with Crippen LogP contribution >= 0.6 is 0 Å². The minimum Gasteiger partial charge on any atom is -0.281 e. The molecule has 0 aliphatic heterocycles. The Morgan fingerprint density at radius 1 is 1.58 bits per heavy atom. The lowest BCUT2D eigenvalue weighted by molar-refractivity contribution is 0.307. The molecule has 0 spiro atoms. The van der Waals surface area contributed by atoms with Crippen molar-refractivity contribution in [2.45, 2.75) is 6.92 Å². The summed E-state index contributed by atoms with van der Waals surface area (Å²) in [5.41, 5.74) is 0. The molecule has 0 aromatic rings. The summed E-state index contributed by atoms with van der Waals surface area (Å²) in [7, 11) is 2.98. The third kappa shape index (κ3) is 6.53. The van der Waals surface area contributed by atoms with Crippen LogP contribution in [-0.2, 0) is 10.1 Å². The first-order valence-corrected chi connectivity index (χ1v) is 5.09. The van der Waals surface area contributed by atoms with Gasteiger partial charge >= 0.3 is 10.1 Å². The molecule has 71 valence electrons. The van der Waals surface area contributed by atoms with Crippen LogP contribution in [0.15, 0.2) is 0 Å². The van der Waals surface area contributed by atoms with E-state index < -0.39 is 10.1 Å². The molecule has 0 aliphatic rings. The Morgan fingerprint density at radius 3 is 2.33 bits per heavy atom. The summed E-state index contributed by atoms with van der Waals surface area (Å²) >= 11 is 0. The van der Waals surface area contributed by atoms with Gasteiger partial charge in [-0.25, -0.2) is 4.90 Å². The van der Waals surface area contributed by atoms with Crippen molar-refractivity contribution >= 4 is 10.1 Å². The summed E-state index contributed by atoms with van der Waals surface area (Å²) < 4.78 is 29.4. The van der Waals surface area contributed by atoms with Crippen molar-refractivity contribution in [3.05, 3.63) is 7.05 Å². The molecule has 0 unspecified atom stereocenters. The van der Waals surface area contributed by atoms with Crippen LogP contribution in [0, 0.1) is 7.05 Å². The second kappa shape index (κ2) is 4.76. The van der Waals surface area contributed by atoms with E-state index >= 15 is 0 Å². The van der Waals surface area contributed by atoms with Gasteiger partial charge in [-0.05, 0) is 14.0 Å². The van der Waals surface area contributed by atoms with Gasteiger partial charge in [-0.3, -0.25) is 4.55 Å². The molecule has 5 nitrogen and oxygen atoms in total. The van der Waals surface area contributed by atoms with Crippen molar-refractivity contribution < 1.29 is 13.0 Å². The van der Waals surface area contributed by atoms with Crippen LogP contribution in [0.2, 0.25) is 0 Å².